The summed E-state index contributed by atoms with van der Waals surface area (Å²) < 4.78 is 6.09. The molecule has 134 valence electrons. The predicted molar refractivity (Wildman–Crippen MR) is 102 cm³/mol. The lowest BCUT2D eigenvalue weighted by atomic mass is 10.1. The Kier molecular flexibility index (Phi) is 5.93. The van der Waals surface area contributed by atoms with Gasteiger partial charge in [-0.3, -0.25) is 4.79 Å². The fourth-order valence-corrected chi connectivity index (χ4v) is 4.49. The zero-order valence-corrected chi connectivity index (χ0v) is 16.2. The van der Waals surface area contributed by atoms with Crippen molar-refractivity contribution in [2.24, 2.45) is 0 Å². The van der Waals surface area contributed by atoms with E-state index in [1.807, 2.05) is 17.9 Å². The third-order valence-electron chi connectivity index (χ3n) is 4.11. The molecule has 0 bridgehead atoms. The van der Waals surface area contributed by atoms with Crippen LogP contribution in [0.3, 0.4) is 0 Å². The minimum atomic E-state index is -0.180. The molecule has 8 heteroatoms. The smallest absolute Gasteiger partial charge is 0.236 e. The first-order chi connectivity index (χ1) is 12.0. The SMILES string of the molecule is Cc1ccc(Nc2nnc(S[C@@H](C)C(=O)N3CCOCC3)s2)cc1C. The summed E-state index contributed by atoms with van der Waals surface area (Å²) in [6.07, 6.45) is 0. The van der Waals surface area contributed by atoms with E-state index in [-0.39, 0.29) is 11.2 Å². The van der Waals surface area contributed by atoms with Gasteiger partial charge in [0.15, 0.2) is 4.34 Å². The van der Waals surface area contributed by atoms with Gasteiger partial charge in [0, 0.05) is 18.8 Å². The minimum Gasteiger partial charge on any atom is -0.378 e. The molecule has 1 fully saturated rings. The molecule has 3 rings (SSSR count). The summed E-state index contributed by atoms with van der Waals surface area (Å²) in [7, 11) is 0. The fourth-order valence-electron chi connectivity index (χ4n) is 2.49. The number of nitrogens with one attached hydrogen (secondary N) is 1. The molecule has 1 aromatic carbocycles. The van der Waals surface area contributed by atoms with E-state index < -0.39 is 0 Å². The number of hydrogen-bond acceptors (Lipinski definition) is 7. The number of carbonyl (C=O) groups is 1. The van der Waals surface area contributed by atoms with E-state index in [1.165, 1.54) is 34.2 Å². The van der Waals surface area contributed by atoms with Gasteiger partial charge in [-0.15, -0.1) is 10.2 Å². The lowest BCUT2D eigenvalue weighted by Crippen LogP contribution is -2.44. The topological polar surface area (TPSA) is 67.4 Å². The standard InChI is InChI=1S/C17H22N4O2S2/c1-11-4-5-14(10-12(11)2)18-16-19-20-17(25-16)24-13(3)15(22)21-6-8-23-9-7-21/h4-5,10,13H,6-9H2,1-3H3,(H,18,19)/t13-/m0/s1. The quantitative estimate of drug-likeness (QED) is 0.806. The lowest BCUT2D eigenvalue weighted by Gasteiger charge is -2.28. The van der Waals surface area contributed by atoms with Crippen LogP contribution in [-0.2, 0) is 9.53 Å². The molecule has 0 unspecified atom stereocenters. The highest BCUT2D eigenvalue weighted by Gasteiger charge is 2.24. The molecule has 0 aliphatic carbocycles. The maximum atomic E-state index is 12.5. The largest absolute Gasteiger partial charge is 0.378 e. The maximum Gasteiger partial charge on any atom is 0.236 e. The van der Waals surface area contributed by atoms with Crippen LogP contribution in [0.4, 0.5) is 10.8 Å². The number of aryl methyl sites for hydroxylation is 2. The van der Waals surface area contributed by atoms with E-state index in [0.717, 1.165) is 15.2 Å². The van der Waals surface area contributed by atoms with Crippen molar-refractivity contribution in [3.05, 3.63) is 29.3 Å². The Morgan fingerprint density at radius 3 is 2.76 bits per heavy atom. The number of nitrogens with zero attached hydrogens (tertiary/aromatic N) is 3. The molecule has 1 N–H and O–H groups in total. The fraction of sp³-hybridized carbons (Fsp3) is 0.471. The Bertz CT molecular complexity index is 744. The molecule has 1 saturated heterocycles. The molecule has 0 saturated carbocycles. The number of hydrogen-bond donors (Lipinski definition) is 1. The third-order valence-corrected chi connectivity index (χ3v) is 6.12. The van der Waals surface area contributed by atoms with E-state index in [0.29, 0.717) is 26.3 Å². The van der Waals surface area contributed by atoms with Crippen LogP contribution < -0.4 is 5.32 Å². The van der Waals surface area contributed by atoms with E-state index in [1.54, 1.807) is 0 Å². The van der Waals surface area contributed by atoms with Gasteiger partial charge in [-0.1, -0.05) is 29.2 Å². The summed E-state index contributed by atoms with van der Waals surface area (Å²) in [5.74, 6) is 0.132. The van der Waals surface area contributed by atoms with Gasteiger partial charge in [-0.25, -0.2) is 0 Å². The average Bonchev–Trinajstić information content (AvgIpc) is 3.05. The Balaban J connectivity index is 1.59. The first-order valence-electron chi connectivity index (χ1n) is 8.24. The second-order valence-corrected chi connectivity index (χ2v) is 8.56. The maximum absolute atomic E-state index is 12.5. The summed E-state index contributed by atoms with van der Waals surface area (Å²) in [5.41, 5.74) is 3.48. The number of morpholine rings is 1. The van der Waals surface area contributed by atoms with Crippen LogP contribution in [-0.4, -0.2) is 52.6 Å². The van der Waals surface area contributed by atoms with Crippen molar-refractivity contribution in [3.63, 3.8) is 0 Å². The average molecular weight is 379 g/mol. The summed E-state index contributed by atoms with van der Waals surface area (Å²) in [5, 5.41) is 12.2. The zero-order chi connectivity index (χ0) is 17.8. The van der Waals surface area contributed by atoms with Crippen LogP contribution >= 0.6 is 23.1 Å². The lowest BCUT2D eigenvalue weighted by molar-refractivity contribution is -0.134. The molecule has 1 atom stereocenters. The van der Waals surface area contributed by atoms with Crippen LogP contribution in [0.25, 0.3) is 0 Å². The van der Waals surface area contributed by atoms with Gasteiger partial charge in [-0.2, -0.15) is 0 Å². The summed E-state index contributed by atoms with van der Waals surface area (Å²) >= 11 is 2.92. The molecule has 2 aromatic rings. The monoisotopic (exact) mass is 378 g/mol. The molecule has 1 aliphatic heterocycles. The van der Waals surface area contributed by atoms with E-state index >= 15 is 0 Å². The normalized spacial score (nSPS) is 15.9. The molecular formula is C17H22N4O2S2. The van der Waals surface area contributed by atoms with Crippen LogP contribution in [0.5, 0.6) is 0 Å². The second-order valence-electron chi connectivity index (χ2n) is 5.99. The number of ether oxygens (including phenoxy) is 1. The summed E-state index contributed by atoms with van der Waals surface area (Å²) in [6.45, 7) is 8.66. The Morgan fingerprint density at radius 1 is 1.28 bits per heavy atom. The highest BCUT2D eigenvalue weighted by atomic mass is 32.2. The van der Waals surface area contributed by atoms with Crippen molar-refractivity contribution in [2.45, 2.75) is 30.4 Å². The minimum absolute atomic E-state index is 0.132. The van der Waals surface area contributed by atoms with Crippen LogP contribution in [0.1, 0.15) is 18.1 Å². The Hall–Kier alpha value is -1.64. The first kappa shape index (κ1) is 18.2. The van der Waals surface area contributed by atoms with Gasteiger partial charge in [0.05, 0.1) is 18.5 Å². The highest BCUT2D eigenvalue weighted by molar-refractivity contribution is 8.02. The number of benzene rings is 1. The molecule has 0 spiro atoms. The zero-order valence-electron chi connectivity index (χ0n) is 14.6. The molecule has 6 nitrogen and oxygen atoms in total. The summed E-state index contributed by atoms with van der Waals surface area (Å²) in [6, 6.07) is 6.20. The van der Waals surface area contributed by atoms with Gasteiger partial charge >= 0.3 is 0 Å². The molecule has 1 aromatic heterocycles. The number of rotatable bonds is 5. The van der Waals surface area contributed by atoms with E-state index in [4.69, 9.17) is 4.74 Å². The second kappa shape index (κ2) is 8.16. The number of carbonyl (C=O) groups excluding carboxylic acids is 1. The van der Waals surface area contributed by atoms with Gasteiger partial charge in [0.1, 0.15) is 0 Å². The summed E-state index contributed by atoms with van der Waals surface area (Å²) in [4.78, 5) is 14.3. The van der Waals surface area contributed by atoms with Crippen molar-refractivity contribution in [1.29, 1.82) is 0 Å². The third kappa shape index (κ3) is 4.71. The van der Waals surface area contributed by atoms with Crippen LogP contribution in [0.15, 0.2) is 22.5 Å². The van der Waals surface area contributed by atoms with Crippen LogP contribution in [0, 0.1) is 13.8 Å². The molecular weight excluding hydrogens is 356 g/mol. The molecule has 1 amide bonds. The van der Waals surface area contributed by atoms with Crippen molar-refractivity contribution in [2.75, 3.05) is 31.6 Å². The number of anilines is 2. The Morgan fingerprint density at radius 2 is 2.04 bits per heavy atom. The number of amides is 1. The molecule has 25 heavy (non-hydrogen) atoms. The highest BCUT2D eigenvalue weighted by Crippen LogP contribution is 2.31. The van der Waals surface area contributed by atoms with E-state index in [2.05, 4.69) is 41.5 Å². The molecule has 1 aliphatic rings. The number of aromatic nitrogens is 2. The van der Waals surface area contributed by atoms with Gasteiger partial charge < -0.3 is 15.0 Å². The van der Waals surface area contributed by atoms with Crippen molar-refractivity contribution >= 4 is 39.8 Å². The van der Waals surface area contributed by atoms with Gasteiger partial charge in [0.25, 0.3) is 0 Å². The van der Waals surface area contributed by atoms with Crippen LogP contribution in [0.2, 0.25) is 0 Å². The van der Waals surface area contributed by atoms with Crippen molar-refractivity contribution in [1.82, 2.24) is 15.1 Å². The number of thioether (sulfide) groups is 1. The van der Waals surface area contributed by atoms with Gasteiger partial charge in [0.2, 0.25) is 11.0 Å². The van der Waals surface area contributed by atoms with E-state index in [9.17, 15) is 4.79 Å². The van der Waals surface area contributed by atoms with Crippen molar-refractivity contribution in [3.8, 4) is 0 Å². The predicted octanol–water partition coefficient (Wildman–Crippen LogP) is 3.24. The van der Waals surface area contributed by atoms with Crippen molar-refractivity contribution < 1.29 is 9.53 Å². The first-order valence-corrected chi connectivity index (χ1v) is 9.93. The molecule has 2 heterocycles. The Labute approximate surface area is 156 Å². The molecule has 0 radical (unpaired) electrons. The van der Waals surface area contributed by atoms with Gasteiger partial charge in [-0.05, 0) is 44.0 Å².